The van der Waals surface area contributed by atoms with Gasteiger partial charge in [0.25, 0.3) is 0 Å². The summed E-state index contributed by atoms with van der Waals surface area (Å²) in [6.45, 7) is 5.81. The molecule has 0 bridgehead atoms. The molecule has 0 saturated heterocycles. The van der Waals surface area contributed by atoms with Crippen molar-refractivity contribution in [2.24, 2.45) is 5.84 Å². The molecule has 0 aliphatic carbocycles. The highest BCUT2D eigenvalue weighted by Crippen LogP contribution is 2.11. The zero-order valence-corrected chi connectivity index (χ0v) is 8.11. The molecule has 0 atom stereocenters. The minimum absolute atomic E-state index is 0.242. The second kappa shape index (κ2) is 7.23. The van der Waals surface area contributed by atoms with Gasteiger partial charge in [0.05, 0.1) is 0 Å². The molecule has 0 aromatic rings. The Kier molecular flexibility index (Phi) is 6.61. The zero-order chi connectivity index (χ0) is 11.0. The maximum Gasteiger partial charge on any atom is 0.160 e. The number of rotatable bonds is 6. The molecule has 0 spiro atoms. The van der Waals surface area contributed by atoms with Crippen molar-refractivity contribution < 1.29 is 8.78 Å². The van der Waals surface area contributed by atoms with E-state index in [0.717, 1.165) is 12.2 Å². The second-order valence-electron chi connectivity index (χ2n) is 2.48. The number of halogens is 2. The lowest BCUT2D eigenvalue weighted by atomic mass is 10.3. The monoisotopic (exact) mass is 203 g/mol. The van der Waals surface area contributed by atoms with Crippen LogP contribution in [-0.2, 0) is 0 Å². The van der Waals surface area contributed by atoms with Crippen LogP contribution in [0.5, 0.6) is 0 Å². The van der Waals surface area contributed by atoms with Crippen LogP contribution >= 0.6 is 0 Å². The Hall–Kier alpha value is -1.20. The molecule has 0 radical (unpaired) electrons. The molecule has 0 fully saturated rings. The molecule has 0 rings (SSSR count). The van der Waals surface area contributed by atoms with E-state index < -0.39 is 11.7 Å². The van der Waals surface area contributed by atoms with Crippen LogP contribution in [0.1, 0.15) is 6.92 Å². The fourth-order valence-corrected chi connectivity index (χ4v) is 0.821. The summed E-state index contributed by atoms with van der Waals surface area (Å²) in [5.74, 6) is 3.11. The summed E-state index contributed by atoms with van der Waals surface area (Å²) in [5, 5.41) is 2.84. The average Bonchev–Trinajstić information content (AvgIpc) is 2.17. The number of hydrazine groups is 1. The molecule has 80 valence electrons. The highest BCUT2D eigenvalue weighted by atomic mass is 19.2. The molecule has 3 nitrogen and oxygen atoms in total. The molecular weight excluding hydrogens is 188 g/mol. The molecule has 0 aliphatic rings. The Morgan fingerprint density at radius 1 is 1.43 bits per heavy atom. The Morgan fingerprint density at radius 3 is 2.50 bits per heavy atom. The van der Waals surface area contributed by atoms with Gasteiger partial charge in [0.15, 0.2) is 11.7 Å². The first-order valence-electron chi connectivity index (χ1n) is 4.21. The highest BCUT2D eigenvalue weighted by Gasteiger charge is 2.01. The molecule has 0 unspecified atom stereocenters. The summed E-state index contributed by atoms with van der Waals surface area (Å²) in [6.07, 6.45) is 1.85. The van der Waals surface area contributed by atoms with Gasteiger partial charge in [0, 0.05) is 18.8 Å². The van der Waals surface area contributed by atoms with Crippen LogP contribution in [-0.4, -0.2) is 13.1 Å². The lowest BCUT2D eigenvalue weighted by Gasteiger charge is -2.07. The molecule has 0 saturated carbocycles. The number of hydrogen-bond acceptors (Lipinski definition) is 3. The van der Waals surface area contributed by atoms with Crippen molar-refractivity contribution in [2.75, 3.05) is 13.1 Å². The van der Waals surface area contributed by atoms with Crippen molar-refractivity contribution in [3.05, 3.63) is 36.1 Å². The van der Waals surface area contributed by atoms with Gasteiger partial charge in [-0.15, -0.1) is 0 Å². The van der Waals surface area contributed by atoms with Crippen LogP contribution in [0.15, 0.2) is 36.1 Å². The summed E-state index contributed by atoms with van der Waals surface area (Å²) in [5.41, 5.74) is 2.82. The maximum absolute atomic E-state index is 12.9. The SMILES string of the molecule is C=C/C(F)=C(F)\C=C(/CNN)NCC. The van der Waals surface area contributed by atoms with Crippen molar-refractivity contribution in [3.8, 4) is 0 Å². The van der Waals surface area contributed by atoms with E-state index >= 15 is 0 Å². The van der Waals surface area contributed by atoms with Gasteiger partial charge in [-0.05, 0) is 19.1 Å². The standard InChI is InChI=1S/C9H15F2N3/c1-3-8(10)9(11)5-7(6-14-12)13-4-2/h3,5,13-14H,1,4,6,12H2,2H3/b7-5+,9-8-. The third kappa shape index (κ3) is 4.74. The fraction of sp³-hybridized carbons (Fsp3) is 0.333. The first kappa shape index (κ1) is 12.8. The third-order valence-corrected chi connectivity index (χ3v) is 1.40. The summed E-state index contributed by atoms with van der Waals surface area (Å²) in [7, 11) is 0. The minimum atomic E-state index is -0.988. The van der Waals surface area contributed by atoms with Crippen molar-refractivity contribution >= 4 is 0 Å². The summed E-state index contributed by atoms with van der Waals surface area (Å²) in [4.78, 5) is 0. The molecule has 0 aromatic heterocycles. The molecule has 14 heavy (non-hydrogen) atoms. The Morgan fingerprint density at radius 2 is 2.07 bits per heavy atom. The third-order valence-electron chi connectivity index (χ3n) is 1.40. The highest BCUT2D eigenvalue weighted by molar-refractivity contribution is 5.25. The zero-order valence-electron chi connectivity index (χ0n) is 8.11. The predicted molar refractivity (Wildman–Crippen MR) is 53.4 cm³/mol. The largest absolute Gasteiger partial charge is 0.387 e. The average molecular weight is 203 g/mol. The van der Waals surface area contributed by atoms with Gasteiger partial charge in [-0.25, -0.2) is 8.78 Å². The molecule has 5 heteroatoms. The van der Waals surface area contributed by atoms with Crippen LogP contribution in [0.2, 0.25) is 0 Å². The first-order chi connectivity index (χ1) is 6.65. The van der Waals surface area contributed by atoms with E-state index in [0.29, 0.717) is 12.2 Å². The van der Waals surface area contributed by atoms with Crippen LogP contribution in [0.25, 0.3) is 0 Å². The van der Waals surface area contributed by atoms with E-state index in [4.69, 9.17) is 5.84 Å². The smallest absolute Gasteiger partial charge is 0.160 e. The van der Waals surface area contributed by atoms with Gasteiger partial charge in [0.1, 0.15) is 0 Å². The predicted octanol–water partition coefficient (Wildman–Crippen LogP) is 1.28. The van der Waals surface area contributed by atoms with E-state index in [1.54, 1.807) is 0 Å². The normalized spacial score (nSPS) is 13.6. The number of likely N-dealkylation sites (N-methyl/N-ethyl adjacent to an activating group) is 1. The lowest BCUT2D eigenvalue weighted by Crippen LogP contribution is -2.30. The van der Waals surface area contributed by atoms with Crippen LogP contribution in [0.3, 0.4) is 0 Å². The van der Waals surface area contributed by atoms with Gasteiger partial charge in [0.2, 0.25) is 0 Å². The van der Waals surface area contributed by atoms with Gasteiger partial charge in [-0.1, -0.05) is 6.58 Å². The van der Waals surface area contributed by atoms with E-state index in [-0.39, 0.29) is 6.54 Å². The quantitative estimate of drug-likeness (QED) is 0.346. The number of hydrogen-bond donors (Lipinski definition) is 3. The number of nitrogens with two attached hydrogens (primary N) is 1. The lowest BCUT2D eigenvalue weighted by molar-refractivity contribution is 0.569. The molecular formula is C9H15F2N3. The summed E-state index contributed by atoms with van der Waals surface area (Å²) < 4.78 is 25.6. The van der Waals surface area contributed by atoms with Crippen molar-refractivity contribution in [2.45, 2.75) is 6.92 Å². The van der Waals surface area contributed by atoms with Crippen molar-refractivity contribution in [1.29, 1.82) is 0 Å². The maximum atomic E-state index is 12.9. The molecule has 4 N–H and O–H groups in total. The van der Waals surface area contributed by atoms with Gasteiger partial charge >= 0.3 is 0 Å². The summed E-state index contributed by atoms with van der Waals surface area (Å²) in [6, 6.07) is 0. The Bertz CT molecular complexity index is 238. The van der Waals surface area contributed by atoms with Crippen molar-refractivity contribution in [1.82, 2.24) is 10.7 Å². The van der Waals surface area contributed by atoms with E-state index in [1.165, 1.54) is 0 Å². The Labute approximate surface area is 82.3 Å². The molecule has 0 aliphatic heterocycles. The van der Waals surface area contributed by atoms with Gasteiger partial charge < -0.3 is 5.32 Å². The van der Waals surface area contributed by atoms with Gasteiger partial charge in [-0.3, -0.25) is 11.3 Å². The van der Waals surface area contributed by atoms with Crippen LogP contribution < -0.4 is 16.6 Å². The van der Waals surface area contributed by atoms with E-state index in [2.05, 4.69) is 17.3 Å². The second-order valence-corrected chi connectivity index (χ2v) is 2.48. The fourth-order valence-electron chi connectivity index (χ4n) is 0.821. The topological polar surface area (TPSA) is 50.1 Å². The number of nitrogens with one attached hydrogen (secondary N) is 2. The van der Waals surface area contributed by atoms with Gasteiger partial charge in [-0.2, -0.15) is 0 Å². The number of allylic oxidation sites excluding steroid dienone is 4. The van der Waals surface area contributed by atoms with Crippen molar-refractivity contribution in [3.63, 3.8) is 0 Å². The summed E-state index contributed by atoms with van der Waals surface area (Å²) >= 11 is 0. The molecule has 0 heterocycles. The van der Waals surface area contributed by atoms with E-state index in [1.807, 2.05) is 6.92 Å². The first-order valence-corrected chi connectivity index (χ1v) is 4.21. The van der Waals surface area contributed by atoms with Crippen LogP contribution in [0, 0.1) is 0 Å². The van der Waals surface area contributed by atoms with E-state index in [9.17, 15) is 8.78 Å². The molecule has 0 amide bonds. The minimum Gasteiger partial charge on any atom is -0.387 e. The molecule has 0 aromatic carbocycles. The van der Waals surface area contributed by atoms with Crippen LogP contribution in [0.4, 0.5) is 8.78 Å². The Balaban J connectivity index is 4.62.